The monoisotopic (exact) mass is 260 g/mol. The van der Waals surface area contributed by atoms with Gasteiger partial charge in [-0.2, -0.15) is 0 Å². The molecule has 0 fully saturated rings. The largest absolute Gasteiger partial charge is 0.492 e. The fourth-order valence-electron chi connectivity index (χ4n) is 1.10. The number of hydrogen-bond acceptors (Lipinski definition) is 2. The highest BCUT2D eigenvalue weighted by Crippen LogP contribution is 2.31. The molecule has 0 atom stereocenters. The van der Waals surface area contributed by atoms with Crippen LogP contribution in [0.1, 0.15) is 12.5 Å². The van der Waals surface area contributed by atoms with E-state index in [2.05, 4.69) is 0 Å². The Morgan fingerprint density at radius 3 is 2.69 bits per heavy atom. The maximum atomic E-state index is 10.4. The molecule has 0 heterocycles. The van der Waals surface area contributed by atoms with E-state index < -0.39 is 5.97 Å². The fraction of sp³-hybridized carbons (Fsp3) is 0.182. The van der Waals surface area contributed by atoms with Gasteiger partial charge in [0, 0.05) is 12.1 Å². The average molecular weight is 261 g/mol. The van der Waals surface area contributed by atoms with Gasteiger partial charge >= 0.3 is 5.97 Å². The Morgan fingerprint density at radius 2 is 2.12 bits per heavy atom. The summed E-state index contributed by atoms with van der Waals surface area (Å²) >= 11 is 11.9. The predicted octanol–water partition coefficient (Wildman–Crippen LogP) is 3.49. The molecule has 3 nitrogen and oxygen atoms in total. The van der Waals surface area contributed by atoms with Gasteiger partial charge in [0.1, 0.15) is 5.75 Å². The lowest BCUT2D eigenvalue weighted by atomic mass is 10.2. The number of carboxylic acids is 1. The van der Waals surface area contributed by atoms with Gasteiger partial charge in [-0.3, -0.25) is 0 Å². The first kappa shape index (κ1) is 12.9. The summed E-state index contributed by atoms with van der Waals surface area (Å²) < 4.78 is 5.24. The zero-order valence-corrected chi connectivity index (χ0v) is 10.0. The molecule has 0 spiro atoms. The zero-order valence-electron chi connectivity index (χ0n) is 8.54. The molecule has 0 aromatic heterocycles. The van der Waals surface area contributed by atoms with Crippen LogP contribution in [-0.2, 0) is 4.79 Å². The Hall–Kier alpha value is -1.19. The minimum atomic E-state index is -1.04. The van der Waals surface area contributed by atoms with Crippen LogP contribution in [0.15, 0.2) is 18.2 Å². The van der Waals surface area contributed by atoms with Crippen molar-refractivity contribution in [2.75, 3.05) is 6.61 Å². The molecule has 0 unspecified atom stereocenters. The Balaban J connectivity index is 3.05. The third kappa shape index (κ3) is 3.43. The lowest BCUT2D eigenvalue weighted by molar-refractivity contribution is -0.131. The molecule has 5 heteroatoms. The Morgan fingerprint density at radius 1 is 1.44 bits per heavy atom. The van der Waals surface area contributed by atoms with Gasteiger partial charge in [0.05, 0.1) is 16.7 Å². The maximum absolute atomic E-state index is 10.4. The van der Waals surface area contributed by atoms with E-state index in [0.717, 1.165) is 6.08 Å². The van der Waals surface area contributed by atoms with Crippen molar-refractivity contribution in [1.29, 1.82) is 0 Å². The van der Waals surface area contributed by atoms with Crippen molar-refractivity contribution < 1.29 is 14.6 Å². The summed E-state index contributed by atoms with van der Waals surface area (Å²) in [7, 11) is 0. The Kier molecular flexibility index (Phi) is 4.65. The molecule has 1 aromatic carbocycles. The van der Waals surface area contributed by atoms with Crippen LogP contribution in [0.2, 0.25) is 10.0 Å². The summed E-state index contributed by atoms with van der Waals surface area (Å²) in [5.41, 5.74) is 0.539. The first-order chi connectivity index (χ1) is 7.54. The van der Waals surface area contributed by atoms with E-state index in [-0.39, 0.29) is 0 Å². The topological polar surface area (TPSA) is 46.5 Å². The van der Waals surface area contributed by atoms with Gasteiger partial charge in [0.2, 0.25) is 0 Å². The van der Waals surface area contributed by atoms with E-state index in [9.17, 15) is 4.79 Å². The smallest absolute Gasteiger partial charge is 0.328 e. The van der Waals surface area contributed by atoms with Gasteiger partial charge in [-0.25, -0.2) is 4.79 Å². The van der Waals surface area contributed by atoms with Crippen molar-refractivity contribution in [1.82, 2.24) is 0 Å². The van der Waals surface area contributed by atoms with Crippen molar-refractivity contribution in [3.05, 3.63) is 33.8 Å². The summed E-state index contributed by atoms with van der Waals surface area (Å²) in [4.78, 5) is 10.4. The van der Waals surface area contributed by atoms with Crippen LogP contribution in [0, 0.1) is 0 Å². The van der Waals surface area contributed by atoms with Gasteiger partial charge in [-0.1, -0.05) is 23.2 Å². The standard InChI is InChI=1S/C11H10Cl2O3/c1-2-16-10-6-8(12)7(5-9(10)13)3-4-11(14)15/h3-6H,2H2,1H3,(H,14,15)/b4-3+. The number of benzene rings is 1. The molecule has 0 aliphatic heterocycles. The van der Waals surface area contributed by atoms with Crippen LogP contribution in [0.4, 0.5) is 0 Å². The maximum Gasteiger partial charge on any atom is 0.328 e. The van der Waals surface area contributed by atoms with Crippen molar-refractivity contribution >= 4 is 35.2 Å². The first-order valence-electron chi connectivity index (χ1n) is 4.57. The number of halogens is 2. The number of ether oxygens (including phenoxy) is 1. The first-order valence-corrected chi connectivity index (χ1v) is 5.33. The average Bonchev–Trinajstić information content (AvgIpc) is 2.21. The molecular formula is C11H10Cl2O3. The summed E-state index contributed by atoms with van der Waals surface area (Å²) in [6.07, 6.45) is 2.38. The van der Waals surface area contributed by atoms with Crippen molar-refractivity contribution in [3.63, 3.8) is 0 Å². The number of carbonyl (C=O) groups is 1. The van der Waals surface area contributed by atoms with Gasteiger partial charge < -0.3 is 9.84 Å². The second-order valence-corrected chi connectivity index (χ2v) is 3.72. The number of rotatable bonds is 4. The lowest BCUT2D eigenvalue weighted by Crippen LogP contribution is -1.93. The number of carboxylic acid groups (broad SMARTS) is 1. The number of hydrogen-bond donors (Lipinski definition) is 1. The molecule has 0 saturated heterocycles. The van der Waals surface area contributed by atoms with Crippen LogP contribution in [0.3, 0.4) is 0 Å². The second-order valence-electron chi connectivity index (χ2n) is 2.91. The summed E-state index contributed by atoms with van der Waals surface area (Å²) in [6.45, 7) is 2.32. The van der Waals surface area contributed by atoms with Crippen LogP contribution in [0.5, 0.6) is 5.75 Å². The van der Waals surface area contributed by atoms with E-state index >= 15 is 0 Å². The SMILES string of the molecule is CCOc1cc(Cl)c(/C=C/C(=O)O)cc1Cl. The van der Waals surface area contributed by atoms with Crippen molar-refractivity contribution in [2.24, 2.45) is 0 Å². The third-order valence-corrected chi connectivity index (χ3v) is 2.38. The third-order valence-electron chi connectivity index (χ3n) is 1.76. The van der Waals surface area contributed by atoms with E-state index in [1.807, 2.05) is 6.92 Å². The molecule has 0 aliphatic rings. The van der Waals surface area contributed by atoms with Gasteiger partial charge in [-0.05, 0) is 24.6 Å². The van der Waals surface area contributed by atoms with E-state index in [4.69, 9.17) is 33.0 Å². The summed E-state index contributed by atoms with van der Waals surface area (Å²) in [5.74, 6) is -0.553. The quantitative estimate of drug-likeness (QED) is 0.844. The van der Waals surface area contributed by atoms with Crippen molar-refractivity contribution in [2.45, 2.75) is 6.92 Å². The minimum Gasteiger partial charge on any atom is -0.492 e. The molecule has 0 amide bonds. The minimum absolute atomic E-state index is 0.394. The predicted molar refractivity (Wildman–Crippen MR) is 64.3 cm³/mol. The molecule has 0 radical (unpaired) electrons. The highest BCUT2D eigenvalue weighted by atomic mass is 35.5. The molecule has 0 saturated carbocycles. The molecular weight excluding hydrogens is 251 g/mol. The molecule has 86 valence electrons. The summed E-state index contributed by atoms with van der Waals surface area (Å²) in [6, 6.07) is 3.13. The molecule has 0 aliphatic carbocycles. The van der Waals surface area contributed by atoms with E-state index in [1.54, 1.807) is 12.1 Å². The fourth-order valence-corrected chi connectivity index (χ4v) is 1.54. The number of aliphatic carboxylic acids is 1. The molecule has 16 heavy (non-hydrogen) atoms. The van der Waals surface area contributed by atoms with Crippen LogP contribution in [-0.4, -0.2) is 17.7 Å². The zero-order chi connectivity index (χ0) is 12.1. The van der Waals surface area contributed by atoms with Crippen LogP contribution < -0.4 is 4.74 Å². The van der Waals surface area contributed by atoms with Crippen molar-refractivity contribution in [3.8, 4) is 5.75 Å². The normalized spacial score (nSPS) is 10.7. The Bertz CT molecular complexity index is 427. The Labute approximate surface area is 103 Å². The highest BCUT2D eigenvalue weighted by Gasteiger charge is 2.06. The second kappa shape index (κ2) is 5.77. The van der Waals surface area contributed by atoms with E-state index in [1.165, 1.54) is 6.08 Å². The summed E-state index contributed by atoms with van der Waals surface area (Å²) in [5, 5.41) is 9.28. The van der Waals surface area contributed by atoms with Gasteiger partial charge in [-0.15, -0.1) is 0 Å². The molecule has 1 aromatic rings. The van der Waals surface area contributed by atoms with Crippen LogP contribution in [0.25, 0.3) is 6.08 Å². The van der Waals surface area contributed by atoms with E-state index in [0.29, 0.717) is 28.0 Å². The molecule has 0 bridgehead atoms. The molecule has 1 N–H and O–H groups in total. The lowest BCUT2D eigenvalue weighted by Gasteiger charge is -2.07. The van der Waals surface area contributed by atoms with Gasteiger partial charge in [0.15, 0.2) is 0 Å². The van der Waals surface area contributed by atoms with Crippen LogP contribution >= 0.6 is 23.2 Å². The molecule has 1 rings (SSSR count). The highest BCUT2D eigenvalue weighted by molar-refractivity contribution is 6.35. The van der Waals surface area contributed by atoms with Gasteiger partial charge in [0.25, 0.3) is 0 Å².